The molecular weight excluding hydrogens is 304 g/mol. The third-order valence-electron chi connectivity index (χ3n) is 3.88. The molecule has 5 nitrogen and oxygen atoms in total. The summed E-state index contributed by atoms with van der Waals surface area (Å²) in [5, 5.41) is 5.75. The van der Waals surface area contributed by atoms with Crippen LogP contribution >= 0.6 is 0 Å². The fourth-order valence-electron chi connectivity index (χ4n) is 2.39. The number of carbonyl (C=O) groups is 1. The maximum atomic E-state index is 12.2. The van der Waals surface area contributed by atoms with E-state index in [0.717, 1.165) is 17.7 Å². The van der Waals surface area contributed by atoms with Crippen LogP contribution in [0.5, 0.6) is 11.5 Å². The quantitative estimate of drug-likeness (QED) is 0.837. The molecule has 0 unspecified atom stereocenters. The Morgan fingerprint density at radius 3 is 2.29 bits per heavy atom. The van der Waals surface area contributed by atoms with Crippen LogP contribution in [-0.4, -0.2) is 20.3 Å². The van der Waals surface area contributed by atoms with Gasteiger partial charge in [-0.15, -0.1) is 0 Å². The minimum Gasteiger partial charge on any atom is -0.493 e. The first kappa shape index (κ1) is 17.7. The van der Waals surface area contributed by atoms with Crippen molar-refractivity contribution in [1.82, 2.24) is 5.32 Å². The Morgan fingerprint density at radius 1 is 1.04 bits per heavy atom. The van der Waals surface area contributed by atoms with Gasteiger partial charge in [-0.05, 0) is 48.7 Å². The molecule has 5 heteroatoms. The first-order valence-electron chi connectivity index (χ1n) is 7.95. The molecule has 0 spiro atoms. The molecule has 0 bridgehead atoms. The van der Waals surface area contributed by atoms with E-state index >= 15 is 0 Å². The van der Waals surface area contributed by atoms with Crippen LogP contribution in [-0.2, 0) is 6.42 Å². The number of anilines is 1. The third kappa shape index (κ3) is 4.41. The average molecular weight is 328 g/mol. The zero-order chi connectivity index (χ0) is 17.5. The Bertz CT molecular complexity index is 684. The van der Waals surface area contributed by atoms with Gasteiger partial charge >= 0.3 is 6.03 Å². The average Bonchev–Trinajstić information content (AvgIpc) is 2.61. The van der Waals surface area contributed by atoms with Crippen LogP contribution in [0.15, 0.2) is 42.5 Å². The Labute approximate surface area is 143 Å². The van der Waals surface area contributed by atoms with Crippen molar-refractivity contribution < 1.29 is 14.3 Å². The third-order valence-corrected chi connectivity index (χ3v) is 3.88. The lowest BCUT2D eigenvalue weighted by Gasteiger charge is -2.17. The summed E-state index contributed by atoms with van der Waals surface area (Å²) in [6, 6.07) is 13.0. The lowest BCUT2D eigenvalue weighted by atomic mass is 10.1. The van der Waals surface area contributed by atoms with Gasteiger partial charge in [0.05, 0.1) is 20.3 Å². The number of hydrogen-bond acceptors (Lipinski definition) is 3. The number of benzene rings is 2. The van der Waals surface area contributed by atoms with Gasteiger partial charge in [0.2, 0.25) is 0 Å². The molecule has 1 atom stereocenters. The van der Waals surface area contributed by atoms with Crippen molar-refractivity contribution in [3.05, 3.63) is 53.6 Å². The molecular formula is C19H24N2O3. The second-order valence-corrected chi connectivity index (χ2v) is 5.49. The molecule has 0 aromatic heterocycles. The summed E-state index contributed by atoms with van der Waals surface area (Å²) in [4.78, 5) is 12.2. The van der Waals surface area contributed by atoms with Gasteiger partial charge in [0.1, 0.15) is 0 Å². The first-order chi connectivity index (χ1) is 11.6. The van der Waals surface area contributed by atoms with Crippen molar-refractivity contribution in [2.24, 2.45) is 0 Å². The molecule has 0 fully saturated rings. The van der Waals surface area contributed by atoms with Gasteiger partial charge in [0.15, 0.2) is 11.5 Å². The number of methoxy groups -OCH3 is 2. The highest BCUT2D eigenvalue weighted by Gasteiger charge is 2.12. The molecule has 0 radical (unpaired) electrons. The predicted octanol–water partition coefficient (Wildman–Crippen LogP) is 4.15. The number of rotatable bonds is 6. The standard InChI is InChI=1S/C19H24N2O3/c1-5-14-6-9-16(10-7-14)21-19(22)20-13(2)15-8-11-17(23-3)18(12-15)24-4/h6-13H,5H2,1-4H3,(H2,20,21,22)/t13-/m0/s1. The molecule has 0 aliphatic rings. The summed E-state index contributed by atoms with van der Waals surface area (Å²) in [6.45, 7) is 4.01. The summed E-state index contributed by atoms with van der Waals surface area (Å²) in [5.41, 5.74) is 2.94. The molecule has 2 aromatic rings. The van der Waals surface area contributed by atoms with Gasteiger partial charge < -0.3 is 20.1 Å². The van der Waals surface area contributed by atoms with Crippen molar-refractivity contribution in [1.29, 1.82) is 0 Å². The van der Waals surface area contributed by atoms with E-state index in [4.69, 9.17) is 9.47 Å². The monoisotopic (exact) mass is 328 g/mol. The van der Waals surface area contributed by atoms with Crippen LogP contribution in [0.2, 0.25) is 0 Å². The Balaban J connectivity index is 2.00. The van der Waals surface area contributed by atoms with Crippen LogP contribution in [0.25, 0.3) is 0 Å². The molecule has 2 aromatic carbocycles. The van der Waals surface area contributed by atoms with E-state index in [-0.39, 0.29) is 12.1 Å². The molecule has 0 heterocycles. The lowest BCUT2D eigenvalue weighted by molar-refractivity contribution is 0.249. The second-order valence-electron chi connectivity index (χ2n) is 5.49. The lowest BCUT2D eigenvalue weighted by Crippen LogP contribution is -2.31. The SMILES string of the molecule is CCc1ccc(NC(=O)N[C@@H](C)c2ccc(OC)c(OC)c2)cc1. The van der Waals surface area contributed by atoms with Crippen LogP contribution in [0.4, 0.5) is 10.5 Å². The van der Waals surface area contributed by atoms with E-state index in [1.54, 1.807) is 14.2 Å². The Hall–Kier alpha value is -2.69. The van der Waals surface area contributed by atoms with Gasteiger partial charge in [0, 0.05) is 5.69 Å². The largest absolute Gasteiger partial charge is 0.493 e. The van der Waals surface area contributed by atoms with E-state index < -0.39 is 0 Å². The molecule has 2 rings (SSSR count). The topological polar surface area (TPSA) is 59.6 Å². The normalized spacial score (nSPS) is 11.5. The van der Waals surface area contributed by atoms with Crippen LogP contribution in [0.1, 0.15) is 31.0 Å². The van der Waals surface area contributed by atoms with E-state index in [1.165, 1.54) is 5.56 Å². The van der Waals surface area contributed by atoms with Crippen LogP contribution in [0, 0.1) is 0 Å². The number of carbonyl (C=O) groups excluding carboxylic acids is 1. The van der Waals surface area contributed by atoms with E-state index in [9.17, 15) is 4.79 Å². The maximum Gasteiger partial charge on any atom is 0.319 e. The van der Waals surface area contributed by atoms with Crippen LogP contribution in [0.3, 0.4) is 0 Å². The number of hydrogen-bond donors (Lipinski definition) is 2. The molecule has 24 heavy (non-hydrogen) atoms. The van der Waals surface area contributed by atoms with Crippen molar-refractivity contribution in [3.63, 3.8) is 0 Å². The Kier molecular flexibility index (Phi) is 6.07. The predicted molar refractivity (Wildman–Crippen MR) is 95.9 cm³/mol. The van der Waals surface area contributed by atoms with Gasteiger partial charge in [-0.3, -0.25) is 0 Å². The number of urea groups is 1. The molecule has 2 amide bonds. The van der Waals surface area contributed by atoms with Gasteiger partial charge in [-0.25, -0.2) is 4.79 Å². The second kappa shape index (κ2) is 8.24. The summed E-state index contributed by atoms with van der Waals surface area (Å²) < 4.78 is 10.5. The van der Waals surface area contributed by atoms with Crippen molar-refractivity contribution in [3.8, 4) is 11.5 Å². The van der Waals surface area contributed by atoms with Gasteiger partial charge in [-0.2, -0.15) is 0 Å². The van der Waals surface area contributed by atoms with Crippen molar-refractivity contribution >= 4 is 11.7 Å². The molecule has 0 aliphatic carbocycles. The number of aryl methyl sites for hydroxylation is 1. The highest BCUT2D eigenvalue weighted by molar-refractivity contribution is 5.89. The van der Waals surface area contributed by atoms with Crippen LogP contribution < -0.4 is 20.1 Å². The fraction of sp³-hybridized carbons (Fsp3) is 0.316. The molecule has 2 N–H and O–H groups in total. The molecule has 0 saturated carbocycles. The van der Waals surface area contributed by atoms with Crippen molar-refractivity contribution in [2.45, 2.75) is 26.3 Å². The summed E-state index contributed by atoms with van der Waals surface area (Å²) >= 11 is 0. The molecule has 128 valence electrons. The highest BCUT2D eigenvalue weighted by Crippen LogP contribution is 2.29. The van der Waals surface area contributed by atoms with E-state index in [1.807, 2.05) is 49.4 Å². The summed E-state index contributed by atoms with van der Waals surface area (Å²) in [5.74, 6) is 1.30. The zero-order valence-electron chi connectivity index (χ0n) is 14.6. The number of ether oxygens (including phenoxy) is 2. The zero-order valence-corrected chi connectivity index (χ0v) is 14.6. The smallest absolute Gasteiger partial charge is 0.319 e. The summed E-state index contributed by atoms with van der Waals surface area (Å²) in [6.07, 6.45) is 0.975. The molecule has 0 saturated heterocycles. The van der Waals surface area contributed by atoms with Gasteiger partial charge in [-0.1, -0.05) is 25.1 Å². The number of nitrogens with one attached hydrogen (secondary N) is 2. The Morgan fingerprint density at radius 2 is 1.71 bits per heavy atom. The fourth-order valence-corrected chi connectivity index (χ4v) is 2.39. The summed E-state index contributed by atoms with van der Waals surface area (Å²) in [7, 11) is 3.18. The number of amides is 2. The highest BCUT2D eigenvalue weighted by atomic mass is 16.5. The maximum absolute atomic E-state index is 12.2. The van der Waals surface area contributed by atoms with Crippen molar-refractivity contribution in [2.75, 3.05) is 19.5 Å². The van der Waals surface area contributed by atoms with E-state index in [2.05, 4.69) is 17.6 Å². The van der Waals surface area contributed by atoms with E-state index in [0.29, 0.717) is 11.5 Å². The first-order valence-corrected chi connectivity index (χ1v) is 7.95. The van der Waals surface area contributed by atoms with Gasteiger partial charge in [0.25, 0.3) is 0 Å². The molecule has 0 aliphatic heterocycles. The minimum atomic E-state index is -0.249. The minimum absolute atomic E-state index is 0.167.